The standard InChI is InChI=1S/C12H22N2O4/c1-3-14(7-8-18-2)11(17)13-9-12(10(15)16)5-4-6-12/h3-9H2,1-2H3,(H,13,17)(H,15,16). The highest BCUT2D eigenvalue weighted by Gasteiger charge is 2.44. The van der Waals surface area contributed by atoms with Gasteiger partial charge < -0.3 is 20.1 Å². The van der Waals surface area contributed by atoms with E-state index < -0.39 is 11.4 Å². The number of urea groups is 1. The molecule has 0 aromatic rings. The summed E-state index contributed by atoms with van der Waals surface area (Å²) in [7, 11) is 1.58. The van der Waals surface area contributed by atoms with Gasteiger partial charge in [-0.1, -0.05) is 6.42 Å². The van der Waals surface area contributed by atoms with Crippen LogP contribution in [0.3, 0.4) is 0 Å². The van der Waals surface area contributed by atoms with Crippen molar-refractivity contribution in [2.24, 2.45) is 5.41 Å². The van der Waals surface area contributed by atoms with Crippen LogP contribution in [0.4, 0.5) is 4.79 Å². The highest BCUT2D eigenvalue weighted by atomic mass is 16.5. The SMILES string of the molecule is CCN(CCOC)C(=O)NCC1(C(=O)O)CCC1. The van der Waals surface area contributed by atoms with Crippen LogP contribution in [0.15, 0.2) is 0 Å². The predicted molar refractivity (Wildman–Crippen MR) is 66.4 cm³/mol. The van der Waals surface area contributed by atoms with Gasteiger partial charge in [0.2, 0.25) is 0 Å². The predicted octanol–water partition coefficient (Wildman–Crippen LogP) is 0.919. The maximum Gasteiger partial charge on any atom is 0.317 e. The zero-order chi connectivity index (χ0) is 13.6. The van der Waals surface area contributed by atoms with Crippen molar-refractivity contribution in [2.75, 3.05) is 33.4 Å². The summed E-state index contributed by atoms with van der Waals surface area (Å²) in [5.74, 6) is -0.811. The number of methoxy groups -OCH3 is 1. The Morgan fingerprint density at radius 2 is 2.11 bits per heavy atom. The monoisotopic (exact) mass is 258 g/mol. The first kappa shape index (κ1) is 14.8. The molecule has 0 unspecified atom stereocenters. The van der Waals surface area contributed by atoms with Crippen molar-refractivity contribution in [3.63, 3.8) is 0 Å². The van der Waals surface area contributed by atoms with Gasteiger partial charge in [0.1, 0.15) is 0 Å². The third kappa shape index (κ3) is 3.35. The maximum absolute atomic E-state index is 11.9. The number of carboxylic acids is 1. The number of nitrogens with zero attached hydrogens (tertiary/aromatic N) is 1. The molecule has 0 aliphatic heterocycles. The van der Waals surface area contributed by atoms with Crippen molar-refractivity contribution in [3.05, 3.63) is 0 Å². The van der Waals surface area contributed by atoms with E-state index in [1.807, 2.05) is 6.92 Å². The molecule has 18 heavy (non-hydrogen) atoms. The molecular weight excluding hydrogens is 236 g/mol. The van der Waals surface area contributed by atoms with Crippen LogP contribution >= 0.6 is 0 Å². The van der Waals surface area contributed by atoms with E-state index in [0.29, 0.717) is 32.5 Å². The van der Waals surface area contributed by atoms with Gasteiger partial charge in [0, 0.05) is 26.7 Å². The highest BCUT2D eigenvalue weighted by molar-refractivity contribution is 5.78. The molecule has 6 heteroatoms. The molecule has 1 rings (SSSR count). The Morgan fingerprint density at radius 1 is 1.44 bits per heavy atom. The first-order chi connectivity index (χ1) is 8.55. The molecule has 6 nitrogen and oxygen atoms in total. The molecule has 0 spiro atoms. The van der Waals surface area contributed by atoms with Gasteiger partial charge in [-0.15, -0.1) is 0 Å². The van der Waals surface area contributed by atoms with Crippen molar-refractivity contribution >= 4 is 12.0 Å². The molecule has 0 radical (unpaired) electrons. The second-order valence-electron chi connectivity index (χ2n) is 4.67. The first-order valence-electron chi connectivity index (χ1n) is 6.31. The fourth-order valence-electron chi connectivity index (χ4n) is 2.03. The van der Waals surface area contributed by atoms with Crippen LogP contribution in [-0.4, -0.2) is 55.4 Å². The van der Waals surface area contributed by atoms with E-state index in [4.69, 9.17) is 9.84 Å². The van der Waals surface area contributed by atoms with Crippen molar-refractivity contribution in [1.82, 2.24) is 10.2 Å². The second-order valence-corrected chi connectivity index (χ2v) is 4.67. The Morgan fingerprint density at radius 3 is 2.50 bits per heavy atom. The minimum atomic E-state index is -0.811. The van der Waals surface area contributed by atoms with Gasteiger partial charge in [-0.2, -0.15) is 0 Å². The lowest BCUT2D eigenvalue weighted by atomic mass is 9.69. The van der Waals surface area contributed by atoms with Crippen LogP contribution in [0.2, 0.25) is 0 Å². The fourth-order valence-corrected chi connectivity index (χ4v) is 2.03. The summed E-state index contributed by atoms with van der Waals surface area (Å²) in [5.41, 5.74) is -0.740. The van der Waals surface area contributed by atoms with Crippen LogP contribution in [0.1, 0.15) is 26.2 Å². The van der Waals surface area contributed by atoms with E-state index in [-0.39, 0.29) is 12.6 Å². The summed E-state index contributed by atoms with van der Waals surface area (Å²) >= 11 is 0. The van der Waals surface area contributed by atoms with E-state index in [1.165, 1.54) is 0 Å². The molecule has 0 aromatic carbocycles. The summed E-state index contributed by atoms with van der Waals surface area (Å²) in [4.78, 5) is 24.6. The highest BCUT2D eigenvalue weighted by Crippen LogP contribution is 2.40. The molecule has 1 saturated carbocycles. The van der Waals surface area contributed by atoms with Crippen molar-refractivity contribution < 1.29 is 19.4 Å². The van der Waals surface area contributed by atoms with E-state index in [1.54, 1.807) is 12.0 Å². The van der Waals surface area contributed by atoms with Gasteiger partial charge in [-0.25, -0.2) is 4.79 Å². The number of hydrogen-bond donors (Lipinski definition) is 2. The Bertz CT molecular complexity index is 302. The molecule has 0 saturated heterocycles. The van der Waals surface area contributed by atoms with Gasteiger partial charge in [0.25, 0.3) is 0 Å². The second kappa shape index (κ2) is 6.58. The number of amides is 2. The smallest absolute Gasteiger partial charge is 0.317 e. The topological polar surface area (TPSA) is 78.9 Å². The van der Waals surface area contributed by atoms with E-state index in [9.17, 15) is 9.59 Å². The Kier molecular flexibility index (Phi) is 5.40. The number of carbonyl (C=O) groups is 2. The molecule has 0 atom stereocenters. The number of carbonyl (C=O) groups excluding carboxylic acids is 1. The minimum absolute atomic E-state index is 0.213. The van der Waals surface area contributed by atoms with Gasteiger partial charge in [-0.3, -0.25) is 4.79 Å². The maximum atomic E-state index is 11.9. The van der Waals surface area contributed by atoms with Crippen LogP contribution in [0.5, 0.6) is 0 Å². The number of carboxylic acid groups (broad SMARTS) is 1. The van der Waals surface area contributed by atoms with Crippen molar-refractivity contribution in [2.45, 2.75) is 26.2 Å². The lowest BCUT2D eigenvalue weighted by molar-refractivity contribution is -0.153. The molecule has 2 N–H and O–H groups in total. The quantitative estimate of drug-likeness (QED) is 0.711. The van der Waals surface area contributed by atoms with Crippen LogP contribution in [0.25, 0.3) is 0 Å². The summed E-state index contributed by atoms with van der Waals surface area (Å²) in [6, 6.07) is -0.220. The lowest BCUT2D eigenvalue weighted by Crippen LogP contribution is -2.51. The summed E-state index contributed by atoms with van der Waals surface area (Å²) in [5, 5.41) is 11.9. The van der Waals surface area contributed by atoms with Gasteiger partial charge in [-0.05, 0) is 19.8 Å². The number of rotatable bonds is 7. The Balaban J connectivity index is 2.41. The third-order valence-electron chi connectivity index (χ3n) is 3.58. The summed E-state index contributed by atoms with van der Waals surface area (Å²) < 4.78 is 4.92. The average Bonchev–Trinajstić information content (AvgIpc) is 2.28. The van der Waals surface area contributed by atoms with Crippen LogP contribution in [0, 0.1) is 5.41 Å². The van der Waals surface area contributed by atoms with Crippen LogP contribution < -0.4 is 5.32 Å². The molecule has 0 bridgehead atoms. The number of aliphatic carboxylic acids is 1. The van der Waals surface area contributed by atoms with Gasteiger partial charge in [0.05, 0.1) is 12.0 Å². The number of likely N-dealkylation sites (N-methyl/N-ethyl adjacent to an activating group) is 1. The number of hydrogen-bond acceptors (Lipinski definition) is 3. The number of nitrogens with one attached hydrogen (secondary N) is 1. The number of ether oxygens (including phenoxy) is 1. The largest absolute Gasteiger partial charge is 0.481 e. The van der Waals surface area contributed by atoms with E-state index in [2.05, 4.69) is 5.32 Å². The van der Waals surface area contributed by atoms with E-state index >= 15 is 0 Å². The Hall–Kier alpha value is -1.30. The Labute approximate surface area is 107 Å². The molecule has 104 valence electrons. The van der Waals surface area contributed by atoms with Gasteiger partial charge in [0.15, 0.2) is 0 Å². The molecule has 0 heterocycles. The third-order valence-corrected chi connectivity index (χ3v) is 3.58. The first-order valence-corrected chi connectivity index (χ1v) is 6.31. The van der Waals surface area contributed by atoms with E-state index in [0.717, 1.165) is 6.42 Å². The molecule has 1 aliphatic rings. The van der Waals surface area contributed by atoms with Crippen LogP contribution in [-0.2, 0) is 9.53 Å². The molecular formula is C12H22N2O4. The normalized spacial score (nSPS) is 16.8. The van der Waals surface area contributed by atoms with Crippen molar-refractivity contribution in [1.29, 1.82) is 0 Å². The summed E-state index contributed by atoms with van der Waals surface area (Å²) in [6.07, 6.45) is 2.21. The summed E-state index contributed by atoms with van der Waals surface area (Å²) in [6.45, 7) is 3.66. The molecule has 1 aliphatic carbocycles. The average molecular weight is 258 g/mol. The zero-order valence-electron chi connectivity index (χ0n) is 11.1. The lowest BCUT2D eigenvalue weighted by Gasteiger charge is -2.38. The minimum Gasteiger partial charge on any atom is -0.481 e. The van der Waals surface area contributed by atoms with Gasteiger partial charge >= 0.3 is 12.0 Å². The zero-order valence-corrected chi connectivity index (χ0v) is 11.1. The fraction of sp³-hybridized carbons (Fsp3) is 0.833. The molecule has 0 aromatic heterocycles. The van der Waals surface area contributed by atoms with Crippen molar-refractivity contribution in [3.8, 4) is 0 Å². The molecule has 2 amide bonds. The molecule has 1 fully saturated rings.